The van der Waals surface area contributed by atoms with Gasteiger partial charge in [0.2, 0.25) is 5.72 Å². The van der Waals surface area contributed by atoms with Crippen LogP contribution in [0, 0.1) is 0 Å². The molecule has 2 heterocycles. The topological polar surface area (TPSA) is 148 Å². The molecule has 0 amide bonds. The van der Waals surface area contributed by atoms with Gasteiger partial charge < -0.3 is 25.3 Å². The predicted octanol–water partition coefficient (Wildman–Crippen LogP) is 2.01. The van der Waals surface area contributed by atoms with Crippen molar-refractivity contribution in [3.63, 3.8) is 0 Å². The summed E-state index contributed by atoms with van der Waals surface area (Å²) < 4.78 is 20.9. The highest BCUT2D eigenvalue weighted by molar-refractivity contribution is 5.61. The highest BCUT2D eigenvalue weighted by atomic mass is 19.1. The average molecular weight is 496 g/mol. The molecule has 1 unspecified atom stereocenters. The second-order valence-corrected chi connectivity index (χ2v) is 8.92. The van der Waals surface area contributed by atoms with Crippen molar-refractivity contribution in [2.45, 2.75) is 82.3 Å². The molecule has 0 aliphatic carbocycles. The highest BCUT2D eigenvalue weighted by Gasteiger charge is 2.65. The normalized spacial score (nSPS) is 25.3. The van der Waals surface area contributed by atoms with Gasteiger partial charge in [-0.3, -0.25) is 9.78 Å². The van der Waals surface area contributed by atoms with Crippen molar-refractivity contribution in [2.75, 3.05) is 6.61 Å². The molecule has 4 atom stereocenters. The van der Waals surface area contributed by atoms with Crippen LogP contribution in [0.2, 0.25) is 0 Å². The summed E-state index contributed by atoms with van der Waals surface area (Å²) in [6.45, 7) is 1.40. The molecule has 5 N–H and O–H groups in total. The van der Waals surface area contributed by atoms with E-state index in [1.165, 1.54) is 0 Å². The Labute approximate surface area is 202 Å². The van der Waals surface area contributed by atoms with Crippen LogP contribution >= 0.6 is 0 Å². The molecule has 1 fully saturated rings. The maximum atomic E-state index is 15.0. The Bertz CT molecular complexity index is 1080. The third-order valence-electron chi connectivity index (χ3n) is 6.36. The molecule has 2 aromatic rings. The first-order valence-electron chi connectivity index (χ1n) is 12.0. The van der Waals surface area contributed by atoms with E-state index in [-0.39, 0.29) is 17.0 Å². The number of aromatic amines is 1. The van der Waals surface area contributed by atoms with Gasteiger partial charge in [0.05, 0.1) is 18.3 Å². The molecule has 11 heteroatoms. The highest BCUT2D eigenvalue weighted by Crippen LogP contribution is 2.44. The number of benzene rings is 1. The zero-order chi connectivity index (χ0) is 25.6. The molecular weight excluding hydrogens is 461 g/mol. The van der Waals surface area contributed by atoms with Crippen LogP contribution in [0.5, 0.6) is 0 Å². The molecule has 1 aliphatic heterocycles. The SMILES string of the molecule is CCCCCCCCC(F)N(O)[C@@]1(O)C[C@@H](CO)O[C@@]1(O)n1cc(-c2ccccc2)c(=O)[nH]c1=O. The van der Waals surface area contributed by atoms with Crippen molar-refractivity contribution < 1.29 is 29.7 Å². The summed E-state index contributed by atoms with van der Waals surface area (Å²) in [7, 11) is 0. The zero-order valence-corrected chi connectivity index (χ0v) is 19.8. The van der Waals surface area contributed by atoms with Crippen LogP contribution in [0.15, 0.2) is 46.1 Å². The van der Waals surface area contributed by atoms with E-state index in [9.17, 15) is 30.1 Å². The van der Waals surface area contributed by atoms with E-state index in [0.29, 0.717) is 16.6 Å². The summed E-state index contributed by atoms with van der Waals surface area (Å²) in [4.78, 5) is 27.2. The summed E-state index contributed by atoms with van der Waals surface area (Å²) in [6, 6.07) is 8.24. The second kappa shape index (κ2) is 11.5. The molecule has 35 heavy (non-hydrogen) atoms. The quantitative estimate of drug-likeness (QED) is 0.130. The maximum Gasteiger partial charge on any atom is 0.332 e. The number of alkyl halides is 1. The number of hydrogen-bond donors (Lipinski definition) is 5. The van der Waals surface area contributed by atoms with E-state index < -0.39 is 48.3 Å². The number of hydrogen-bond acceptors (Lipinski definition) is 8. The first-order chi connectivity index (χ1) is 16.7. The number of rotatable bonds is 12. The second-order valence-electron chi connectivity index (χ2n) is 8.92. The molecule has 0 bridgehead atoms. The van der Waals surface area contributed by atoms with E-state index in [1.807, 2.05) is 4.98 Å². The monoisotopic (exact) mass is 495 g/mol. The number of hydroxylamine groups is 2. The lowest BCUT2D eigenvalue weighted by molar-refractivity contribution is -0.419. The minimum absolute atomic E-state index is 0.0367. The van der Waals surface area contributed by atoms with E-state index in [4.69, 9.17) is 4.74 Å². The lowest BCUT2D eigenvalue weighted by atomic mass is 10.0. The number of aromatic nitrogens is 2. The number of unbranched alkanes of at least 4 members (excludes halogenated alkanes) is 5. The lowest BCUT2D eigenvalue weighted by Crippen LogP contribution is -2.65. The summed E-state index contributed by atoms with van der Waals surface area (Å²) in [5.41, 5.74) is -4.40. The van der Waals surface area contributed by atoms with Gasteiger partial charge in [0, 0.05) is 12.6 Å². The van der Waals surface area contributed by atoms with Crippen molar-refractivity contribution in [1.29, 1.82) is 0 Å². The van der Waals surface area contributed by atoms with Crippen LogP contribution in [0.25, 0.3) is 11.1 Å². The van der Waals surface area contributed by atoms with Gasteiger partial charge in [0.15, 0.2) is 6.30 Å². The van der Waals surface area contributed by atoms with Crippen molar-refractivity contribution in [3.8, 4) is 11.1 Å². The van der Waals surface area contributed by atoms with Gasteiger partial charge >= 0.3 is 11.6 Å². The molecular formula is C24H34FN3O7. The van der Waals surface area contributed by atoms with Crippen LogP contribution in [-0.4, -0.2) is 59.9 Å². The molecule has 194 valence electrons. The van der Waals surface area contributed by atoms with Gasteiger partial charge in [-0.05, 0) is 18.4 Å². The molecule has 3 rings (SSSR count). The summed E-state index contributed by atoms with van der Waals surface area (Å²) in [6.07, 6.45) is 2.13. The van der Waals surface area contributed by atoms with E-state index >= 15 is 4.39 Å². The smallest absolute Gasteiger partial charge is 0.332 e. The van der Waals surface area contributed by atoms with E-state index in [1.54, 1.807) is 30.3 Å². The molecule has 1 aliphatic rings. The van der Waals surface area contributed by atoms with Crippen LogP contribution in [0.4, 0.5) is 4.39 Å². The Hall–Kier alpha value is -2.41. The van der Waals surface area contributed by atoms with Crippen LogP contribution in [-0.2, 0) is 10.6 Å². The van der Waals surface area contributed by atoms with E-state index in [2.05, 4.69) is 6.92 Å². The number of aliphatic hydroxyl groups is 3. The van der Waals surface area contributed by atoms with Crippen molar-refractivity contribution in [2.24, 2.45) is 0 Å². The van der Waals surface area contributed by atoms with Crippen LogP contribution in [0.1, 0.15) is 58.3 Å². The fourth-order valence-electron chi connectivity index (χ4n) is 4.38. The Morgan fingerprint density at radius 2 is 1.83 bits per heavy atom. The largest absolute Gasteiger partial charge is 0.394 e. The molecule has 1 aromatic heterocycles. The van der Waals surface area contributed by atoms with Crippen LogP contribution in [0.3, 0.4) is 0 Å². The Morgan fingerprint density at radius 1 is 1.17 bits per heavy atom. The summed E-state index contributed by atoms with van der Waals surface area (Å²) in [5.74, 6) is -3.02. The average Bonchev–Trinajstić information content (AvgIpc) is 3.12. The number of nitrogens with zero attached hydrogens (tertiary/aromatic N) is 2. The molecule has 1 saturated heterocycles. The fraction of sp³-hybridized carbons (Fsp3) is 0.583. The summed E-state index contributed by atoms with van der Waals surface area (Å²) in [5, 5.41) is 42.9. The minimum Gasteiger partial charge on any atom is -0.394 e. The van der Waals surface area contributed by atoms with E-state index in [0.717, 1.165) is 38.3 Å². The predicted molar refractivity (Wildman–Crippen MR) is 125 cm³/mol. The number of ether oxygens (including phenoxy) is 1. The third-order valence-corrected chi connectivity index (χ3v) is 6.36. The third kappa shape index (κ3) is 5.55. The fourth-order valence-corrected chi connectivity index (χ4v) is 4.38. The molecule has 0 saturated carbocycles. The lowest BCUT2D eigenvalue weighted by Gasteiger charge is -2.42. The zero-order valence-electron chi connectivity index (χ0n) is 19.8. The first kappa shape index (κ1) is 27.2. The standard InChI is InChI=1S/C24H34FN3O7/c1-2-3-4-5-6-10-13-20(25)28(34)23(32)14-18(16-29)35-24(23,33)27-15-19(21(30)26-22(27)31)17-11-8-7-9-12-17/h7-9,11-12,15,18,20,29,32-34H,2-6,10,13-14,16H2,1H3,(H,26,30,31)/t18-,20?,23+,24+/m0/s1. The van der Waals surface area contributed by atoms with Gasteiger partial charge in [-0.25, -0.2) is 13.8 Å². The van der Waals surface area contributed by atoms with Gasteiger partial charge in [0.1, 0.15) is 0 Å². The number of aliphatic hydroxyl groups excluding tert-OH is 1. The summed E-state index contributed by atoms with van der Waals surface area (Å²) >= 11 is 0. The number of halogens is 1. The van der Waals surface area contributed by atoms with Crippen molar-refractivity contribution in [1.82, 2.24) is 14.6 Å². The Balaban J connectivity index is 1.92. The van der Waals surface area contributed by atoms with Gasteiger partial charge in [-0.1, -0.05) is 69.4 Å². The number of nitrogens with one attached hydrogen (secondary N) is 1. The minimum atomic E-state index is -3.02. The van der Waals surface area contributed by atoms with Gasteiger partial charge in [-0.15, -0.1) is 5.06 Å². The molecule has 1 aromatic carbocycles. The molecule has 10 nitrogen and oxygen atoms in total. The van der Waals surface area contributed by atoms with Gasteiger partial charge in [-0.2, -0.15) is 0 Å². The van der Waals surface area contributed by atoms with Crippen molar-refractivity contribution in [3.05, 3.63) is 57.4 Å². The molecule has 0 radical (unpaired) electrons. The first-order valence-corrected chi connectivity index (χ1v) is 12.0. The van der Waals surface area contributed by atoms with Crippen molar-refractivity contribution >= 4 is 0 Å². The maximum absolute atomic E-state index is 15.0. The Kier molecular flexibility index (Phi) is 8.97. The number of H-pyrrole nitrogens is 1. The van der Waals surface area contributed by atoms with Crippen LogP contribution < -0.4 is 11.2 Å². The van der Waals surface area contributed by atoms with Gasteiger partial charge in [0.25, 0.3) is 5.56 Å². The Morgan fingerprint density at radius 3 is 2.49 bits per heavy atom. The molecule has 0 spiro atoms.